The number of hydrogen-bond donors (Lipinski definition) is 3. The van der Waals surface area contributed by atoms with E-state index in [0.29, 0.717) is 5.56 Å². The van der Waals surface area contributed by atoms with Crippen molar-refractivity contribution in [1.82, 2.24) is 4.98 Å². The van der Waals surface area contributed by atoms with Crippen LogP contribution in [0.2, 0.25) is 0 Å². The molecule has 4 N–H and O–H groups in total. The molecule has 0 spiro atoms. The van der Waals surface area contributed by atoms with Crippen LogP contribution in [0.15, 0.2) is 42.5 Å². The third-order valence-electron chi connectivity index (χ3n) is 6.00. The summed E-state index contributed by atoms with van der Waals surface area (Å²) in [6.07, 6.45) is 5.72. The highest BCUT2D eigenvalue weighted by Gasteiger charge is 2.25. The van der Waals surface area contributed by atoms with Crippen LogP contribution in [0.3, 0.4) is 0 Å². The Morgan fingerprint density at radius 2 is 1.94 bits per heavy atom. The first-order chi connectivity index (χ1) is 15.1. The predicted octanol–water partition coefficient (Wildman–Crippen LogP) is 4.95. The lowest BCUT2D eigenvalue weighted by atomic mass is 9.95. The number of nitrogens with zero attached hydrogens (tertiary/aromatic N) is 1. The lowest BCUT2D eigenvalue weighted by molar-refractivity contribution is 0.1000. The average Bonchev–Trinajstić information content (AvgIpc) is 3.15. The number of carbonyl (C=O) groups is 1. The van der Waals surface area contributed by atoms with Gasteiger partial charge in [0.1, 0.15) is 0 Å². The number of carbonyl (C=O) groups excluding carboxylic acids is 1. The molecular weight excluding hydrogens is 410 g/mol. The van der Waals surface area contributed by atoms with Crippen LogP contribution in [0.5, 0.6) is 5.75 Å². The Morgan fingerprint density at radius 1 is 1.13 bits per heavy atom. The minimum Gasteiger partial charge on any atom is -0.488 e. The highest BCUT2D eigenvalue weighted by Crippen LogP contribution is 2.42. The van der Waals surface area contributed by atoms with E-state index in [1.54, 1.807) is 23.5 Å². The Bertz CT molecular complexity index is 1110. The quantitative estimate of drug-likeness (QED) is 0.509. The molecule has 1 atom stereocenters. The largest absolute Gasteiger partial charge is 0.488 e. The van der Waals surface area contributed by atoms with Gasteiger partial charge in [-0.3, -0.25) is 4.79 Å². The van der Waals surface area contributed by atoms with Gasteiger partial charge in [0.2, 0.25) is 5.91 Å². The molecule has 0 bridgehead atoms. The van der Waals surface area contributed by atoms with E-state index in [1.807, 2.05) is 30.3 Å². The third-order valence-corrected chi connectivity index (χ3v) is 7.04. The Balaban J connectivity index is 1.51. The maximum Gasteiger partial charge on any atom is 0.248 e. The molecule has 1 amide bonds. The molecule has 1 fully saturated rings. The van der Waals surface area contributed by atoms with E-state index < -0.39 is 12.0 Å². The van der Waals surface area contributed by atoms with Gasteiger partial charge in [-0.15, -0.1) is 11.3 Å². The van der Waals surface area contributed by atoms with Crippen LogP contribution in [0, 0.1) is 0 Å². The number of para-hydroxylation sites is 1. The topological polar surface area (TPSA) is 97.5 Å². The Kier molecular flexibility index (Phi) is 5.38. The predicted molar refractivity (Wildman–Crippen MR) is 122 cm³/mol. The van der Waals surface area contributed by atoms with Gasteiger partial charge in [0.15, 0.2) is 10.9 Å². The Labute approximate surface area is 185 Å². The minimum absolute atomic E-state index is 0.206. The summed E-state index contributed by atoms with van der Waals surface area (Å²) >= 11 is 1.60. The van der Waals surface area contributed by atoms with Crippen LogP contribution in [0.1, 0.15) is 59.1 Å². The first-order valence-corrected chi connectivity index (χ1v) is 11.5. The van der Waals surface area contributed by atoms with Crippen LogP contribution in [-0.4, -0.2) is 22.1 Å². The summed E-state index contributed by atoms with van der Waals surface area (Å²) in [5.41, 5.74) is 9.43. The number of anilines is 2. The number of aliphatic hydroxyl groups is 1. The standard InChI is InChI=1S/C24H25N3O3S/c25-23(29)15-12-10-14(11-13-15)17-6-2-7-18(22(17)30-16-4-1-5-16)26-24-27-21-19(28)8-3-9-20(21)31-24/h2,6-7,10-13,16,19,28H,1,3-5,8-9H2,(H2,25,29)(H,26,27). The molecule has 0 radical (unpaired) electrons. The summed E-state index contributed by atoms with van der Waals surface area (Å²) in [6.45, 7) is 0. The fourth-order valence-electron chi connectivity index (χ4n) is 4.02. The number of hydrogen-bond acceptors (Lipinski definition) is 6. The minimum atomic E-state index is -0.476. The highest BCUT2D eigenvalue weighted by atomic mass is 32.1. The summed E-state index contributed by atoms with van der Waals surface area (Å²) in [5, 5.41) is 14.5. The van der Waals surface area contributed by atoms with Gasteiger partial charge in [0, 0.05) is 16.0 Å². The van der Waals surface area contributed by atoms with Crippen LogP contribution < -0.4 is 15.8 Å². The number of benzene rings is 2. The number of rotatable bonds is 6. The van der Waals surface area contributed by atoms with Crippen molar-refractivity contribution in [3.63, 3.8) is 0 Å². The number of aromatic nitrogens is 1. The van der Waals surface area contributed by atoms with Gasteiger partial charge in [-0.05, 0) is 62.3 Å². The molecule has 2 aliphatic rings. The second kappa shape index (κ2) is 8.32. The fraction of sp³-hybridized carbons (Fsp3) is 0.333. The van der Waals surface area contributed by atoms with Crippen molar-refractivity contribution in [3.05, 3.63) is 58.6 Å². The number of ether oxygens (including phenoxy) is 1. The first kappa shape index (κ1) is 20.0. The zero-order chi connectivity index (χ0) is 21.4. The number of aryl methyl sites for hydroxylation is 1. The molecule has 0 aliphatic heterocycles. The maximum absolute atomic E-state index is 11.4. The summed E-state index contributed by atoms with van der Waals surface area (Å²) in [6, 6.07) is 13.3. The molecule has 1 unspecified atom stereocenters. The lowest BCUT2D eigenvalue weighted by Crippen LogP contribution is -2.25. The van der Waals surface area contributed by atoms with Crippen molar-refractivity contribution in [3.8, 4) is 16.9 Å². The molecule has 2 aromatic carbocycles. The first-order valence-electron chi connectivity index (χ1n) is 10.7. The van der Waals surface area contributed by atoms with Crippen LogP contribution in [0.4, 0.5) is 10.8 Å². The molecule has 3 aromatic rings. The number of nitrogens with two attached hydrogens (primary N) is 1. The molecule has 5 rings (SSSR count). The smallest absolute Gasteiger partial charge is 0.248 e. The van der Waals surface area contributed by atoms with E-state index in [4.69, 9.17) is 10.5 Å². The van der Waals surface area contributed by atoms with E-state index in [9.17, 15) is 9.90 Å². The van der Waals surface area contributed by atoms with E-state index in [1.165, 1.54) is 6.42 Å². The van der Waals surface area contributed by atoms with Gasteiger partial charge >= 0.3 is 0 Å². The Hall–Kier alpha value is -2.90. The number of primary amides is 1. The van der Waals surface area contributed by atoms with Crippen molar-refractivity contribution in [1.29, 1.82) is 0 Å². The van der Waals surface area contributed by atoms with Crippen molar-refractivity contribution < 1.29 is 14.6 Å². The lowest BCUT2D eigenvalue weighted by Gasteiger charge is -2.29. The van der Waals surface area contributed by atoms with Crippen molar-refractivity contribution in [2.75, 3.05) is 5.32 Å². The molecular formula is C24H25N3O3S. The van der Waals surface area contributed by atoms with Crippen LogP contribution >= 0.6 is 11.3 Å². The molecule has 6 nitrogen and oxygen atoms in total. The van der Waals surface area contributed by atoms with Gasteiger partial charge in [-0.1, -0.05) is 24.3 Å². The molecule has 7 heteroatoms. The monoisotopic (exact) mass is 435 g/mol. The SMILES string of the molecule is NC(=O)c1ccc(-c2cccc(Nc3nc4c(s3)CCCC4O)c2OC2CCC2)cc1. The summed E-state index contributed by atoms with van der Waals surface area (Å²) in [4.78, 5) is 17.3. The molecule has 160 valence electrons. The van der Waals surface area contributed by atoms with Crippen LogP contribution in [-0.2, 0) is 6.42 Å². The molecule has 0 saturated heterocycles. The second-order valence-corrected chi connectivity index (χ2v) is 9.24. The maximum atomic E-state index is 11.4. The zero-order valence-electron chi connectivity index (χ0n) is 17.1. The molecule has 31 heavy (non-hydrogen) atoms. The van der Waals surface area contributed by atoms with Crippen LogP contribution in [0.25, 0.3) is 11.1 Å². The molecule has 2 aliphatic carbocycles. The number of amides is 1. The Morgan fingerprint density at radius 3 is 2.61 bits per heavy atom. The van der Waals surface area contributed by atoms with Crippen molar-refractivity contribution in [2.45, 2.75) is 50.7 Å². The number of nitrogens with one attached hydrogen (secondary N) is 1. The van der Waals surface area contributed by atoms with Gasteiger partial charge in [0.05, 0.1) is 23.6 Å². The van der Waals surface area contributed by atoms with Crippen molar-refractivity contribution in [2.24, 2.45) is 5.73 Å². The number of aliphatic hydroxyl groups excluding tert-OH is 1. The van der Waals surface area contributed by atoms with Gasteiger partial charge in [-0.2, -0.15) is 0 Å². The number of thiazole rings is 1. The van der Waals surface area contributed by atoms with Gasteiger partial charge < -0.3 is 20.9 Å². The van der Waals surface area contributed by atoms with E-state index in [0.717, 1.165) is 70.4 Å². The zero-order valence-corrected chi connectivity index (χ0v) is 18.0. The number of fused-ring (bicyclic) bond motifs is 1. The second-order valence-electron chi connectivity index (χ2n) is 8.16. The van der Waals surface area contributed by atoms with E-state index in [2.05, 4.69) is 10.3 Å². The molecule has 1 aromatic heterocycles. The summed E-state index contributed by atoms with van der Waals surface area (Å²) in [5.74, 6) is 0.343. The molecule has 1 heterocycles. The summed E-state index contributed by atoms with van der Waals surface area (Å²) in [7, 11) is 0. The highest BCUT2D eigenvalue weighted by molar-refractivity contribution is 7.15. The van der Waals surface area contributed by atoms with Gasteiger partial charge in [0.25, 0.3) is 0 Å². The summed E-state index contributed by atoms with van der Waals surface area (Å²) < 4.78 is 6.41. The van der Waals surface area contributed by atoms with E-state index in [-0.39, 0.29) is 6.10 Å². The third kappa shape index (κ3) is 4.03. The molecule has 1 saturated carbocycles. The van der Waals surface area contributed by atoms with Crippen molar-refractivity contribution >= 4 is 28.1 Å². The van der Waals surface area contributed by atoms with Gasteiger partial charge in [-0.25, -0.2) is 4.98 Å². The average molecular weight is 436 g/mol. The normalized spacial score (nSPS) is 18.2. The fourth-order valence-corrected chi connectivity index (χ4v) is 5.09. The van der Waals surface area contributed by atoms with E-state index >= 15 is 0 Å².